The number of rotatable bonds is 5. The number of benzene rings is 3. The lowest BCUT2D eigenvalue weighted by Crippen LogP contribution is -2.27. The first-order chi connectivity index (χ1) is 14.1. The van der Waals surface area contributed by atoms with E-state index in [1.165, 1.54) is 4.68 Å². The van der Waals surface area contributed by atoms with Crippen molar-refractivity contribution in [2.24, 2.45) is 0 Å². The molecule has 0 aliphatic heterocycles. The summed E-state index contributed by atoms with van der Waals surface area (Å²) in [6.45, 7) is -0.158. The Bertz CT molecular complexity index is 1250. The Labute approximate surface area is 172 Å². The van der Waals surface area contributed by atoms with Gasteiger partial charge in [0.25, 0.3) is 5.56 Å². The number of ketones is 1. The fourth-order valence-corrected chi connectivity index (χ4v) is 3.29. The fourth-order valence-electron chi connectivity index (χ4n) is 3.17. The zero-order valence-corrected chi connectivity index (χ0v) is 16.4. The maximum absolute atomic E-state index is 12.9. The van der Waals surface area contributed by atoms with Crippen LogP contribution >= 0.6 is 11.6 Å². The minimum Gasteiger partial charge on any atom is -0.497 e. The second kappa shape index (κ2) is 7.89. The van der Waals surface area contributed by atoms with E-state index in [0.29, 0.717) is 21.7 Å². The van der Waals surface area contributed by atoms with Crippen LogP contribution in [0, 0.1) is 0 Å². The summed E-state index contributed by atoms with van der Waals surface area (Å²) >= 11 is 5.89. The highest BCUT2D eigenvalue weighted by Crippen LogP contribution is 2.26. The number of fused-ring (bicyclic) bond motifs is 1. The van der Waals surface area contributed by atoms with E-state index < -0.39 is 0 Å². The third kappa shape index (κ3) is 3.77. The first-order valence-electron chi connectivity index (χ1n) is 9.00. The van der Waals surface area contributed by atoms with E-state index in [4.69, 9.17) is 16.3 Å². The van der Waals surface area contributed by atoms with Crippen LogP contribution in [0.4, 0.5) is 0 Å². The van der Waals surface area contributed by atoms with Gasteiger partial charge in [-0.15, -0.1) is 0 Å². The van der Waals surface area contributed by atoms with Crippen LogP contribution in [0.5, 0.6) is 5.75 Å². The number of nitrogens with zero attached hydrogens (tertiary/aromatic N) is 2. The molecule has 5 nitrogen and oxygen atoms in total. The number of hydrogen-bond donors (Lipinski definition) is 0. The van der Waals surface area contributed by atoms with Crippen molar-refractivity contribution >= 4 is 28.2 Å². The van der Waals surface area contributed by atoms with E-state index in [1.54, 1.807) is 43.5 Å². The Kier molecular flexibility index (Phi) is 5.14. The lowest BCUT2D eigenvalue weighted by atomic mass is 10.0. The first kappa shape index (κ1) is 18.9. The van der Waals surface area contributed by atoms with Gasteiger partial charge in [0.2, 0.25) is 0 Å². The smallest absolute Gasteiger partial charge is 0.275 e. The molecule has 0 spiro atoms. The molecule has 4 aromatic rings. The largest absolute Gasteiger partial charge is 0.497 e. The van der Waals surface area contributed by atoms with E-state index in [2.05, 4.69) is 5.10 Å². The predicted octanol–water partition coefficient (Wildman–Crippen LogP) is 4.61. The Hall–Kier alpha value is -3.44. The number of ether oxygens (including phenoxy) is 1. The molecule has 0 amide bonds. The second-order valence-electron chi connectivity index (χ2n) is 6.52. The summed E-state index contributed by atoms with van der Waals surface area (Å²) in [6.07, 6.45) is 0. The van der Waals surface area contributed by atoms with Crippen molar-refractivity contribution in [2.75, 3.05) is 7.11 Å². The molecule has 0 saturated heterocycles. The van der Waals surface area contributed by atoms with Gasteiger partial charge < -0.3 is 4.74 Å². The van der Waals surface area contributed by atoms with E-state index in [9.17, 15) is 9.59 Å². The summed E-state index contributed by atoms with van der Waals surface area (Å²) in [6, 6.07) is 21.3. The van der Waals surface area contributed by atoms with Crippen molar-refractivity contribution < 1.29 is 9.53 Å². The number of Topliss-reactive ketones (excluding diaryl/α,β-unsaturated/α-hetero) is 1. The van der Waals surface area contributed by atoms with Gasteiger partial charge in [0.15, 0.2) is 5.78 Å². The molecule has 0 aliphatic rings. The Morgan fingerprint density at radius 3 is 2.28 bits per heavy atom. The van der Waals surface area contributed by atoms with Gasteiger partial charge in [0.05, 0.1) is 18.2 Å². The van der Waals surface area contributed by atoms with Crippen molar-refractivity contribution in [1.82, 2.24) is 9.78 Å². The first-order valence-corrected chi connectivity index (χ1v) is 9.37. The zero-order valence-electron chi connectivity index (χ0n) is 15.6. The van der Waals surface area contributed by atoms with Gasteiger partial charge in [0, 0.05) is 21.5 Å². The summed E-state index contributed by atoms with van der Waals surface area (Å²) in [7, 11) is 1.60. The molecule has 1 heterocycles. The number of carbonyl (C=O) groups is 1. The van der Waals surface area contributed by atoms with Gasteiger partial charge in [-0.25, -0.2) is 4.68 Å². The van der Waals surface area contributed by atoms with Gasteiger partial charge in [-0.1, -0.05) is 29.8 Å². The van der Waals surface area contributed by atoms with Gasteiger partial charge in [0.1, 0.15) is 12.3 Å². The summed E-state index contributed by atoms with van der Waals surface area (Å²) < 4.78 is 6.44. The van der Waals surface area contributed by atoms with Crippen LogP contribution in [0.25, 0.3) is 22.0 Å². The highest BCUT2D eigenvalue weighted by atomic mass is 35.5. The number of carbonyl (C=O) groups excluding carboxylic acids is 1. The quantitative estimate of drug-likeness (QED) is 0.456. The molecule has 0 aliphatic carbocycles. The van der Waals surface area contributed by atoms with E-state index in [-0.39, 0.29) is 17.9 Å². The highest BCUT2D eigenvalue weighted by Gasteiger charge is 2.15. The molecule has 0 bridgehead atoms. The number of aromatic nitrogens is 2. The van der Waals surface area contributed by atoms with Gasteiger partial charge >= 0.3 is 0 Å². The molecule has 0 atom stereocenters. The standard InChI is InChI=1S/C23H17ClN2O3/c1-29-18-12-8-16(9-13-18)22-19-4-2-3-5-20(19)23(28)26(25-22)14-21(27)15-6-10-17(24)11-7-15/h2-13H,14H2,1H3. The van der Waals surface area contributed by atoms with Crippen LogP contribution in [0.3, 0.4) is 0 Å². The minimum atomic E-state index is -0.305. The number of hydrogen-bond acceptors (Lipinski definition) is 4. The average Bonchev–Trinajstić information content (AvgIpc) is 2.76. The molecule has 4 rings (SSSR count). The van der Waals surface area contributed by atoms with Gasteiger partial charge in [-0.05, 0) is 54.6 Å². The predicted molar refractivity (Wildman–Crippen MR) is 114 cm³/mol. The van der Waals surface area contributed by atoms with Crippen molar-refractivity contribution in [3.8, 4) is 17.0 Å². The fraction of sp³-hybridized carbons (Fsp3) is 0.0870. The molecule has 0 saturated carbocycles. The van der Waals surface area contributed by atoms with Crippen molar-refractivity contribution in [2.45, 2.75) is 6.54 Å². The van der Waals surface area contributed by atoms with Crippen LogP contribution in [-0.2, 0) is 6.54 Å². The van der Waals surface area contributed by atoms with Crippen LogP contribution < -0.4 is 10.3 Å². The Morgan fingerprint density at radius 1 is 0.966 bits per heavy atom. The van der Waals surface area contributed by atoms with E-state index in [1.807, 2.05) is 36.4 Å². The maximum Gasteiger partial charge on any atom is 0.275 e. The molecule has 0 unspecified atom stereocenters. The lowest BCUT2D eigenvalue weighted by molar-refractivity contribution is 0.0966. The summed E-state index contributed by atoms with van der Waals surface area (Å²) in [5, 5.41) is 6.32. The molecule has 0 radical (unpaired) electrons. The van der Waals surface area contributed by atoms with Gasteiger partial charge in [-0.3, -0.25) is 9.59 Å². The SMILES string of the molecule is COc1ccc(-c2nn(CC(=O)c3ccc(Cl)cc3)c(=O)c3ccccc23)cc1. The van der Waals surface area contributed by atoms with Crippen molar-refractivity contribution in [1.29, 1.82) is 0 Å². The normalized spacial score (nSPS) is 10.8. The molecule has 144 valence electrons. The summed E-state index contributed by atoms with van der Waals surface area (Å²) in [5.41, 5.74) is 1.63. The topological polar surface area (TPSA) is 61.2 Å². The van der Waals surface area contributed by atoms with Crippen LogP contribution in [0.2, 0.25) is 5.02 Å². The van der Waals surface area contributed by atoms with Crippen LogP contribution in [0.15, 0.2) is 77.6 Å². The number of methoxy groups -OCH3 is 1. The average molecular weight is 405 g/mol. The Balaban J connectivity index is 1.82. The molecule has 0 fully saturated rings. The third-order valence-electron chi connectivity index (χ3n) is 4.69. The molecule has 3 aromatic carbocycles. The third-order valence-corrected chi connectivity index (χ3v) is 4.94. The Morgan fingerprint density at radius 2 is 1.62 bits per heavy atom. The molecular weight excluding hydrogens is 388 g/mol. The molecule has 1 aromatic heterocycles. The van der Waals surface area contributed by atoms with Crippen LogP contribution in [-0.4, -0.2) is 22.7 Å². The van der Waals surface area contributed by atoms with Crippen molar-refractivity contribution in [3.63, 3.8) is 0 Å². The molecule has 0 N–H and O–H groups in total. The highest BCUT2D eigenvalue weighted by molar-refractivity contribution is 6.30. The number of halogens is 1. The molecular formula is C23H17ClN2O3. The van der Waals surface area contributed by atoms with E-state index >= 15 is 0 Å². The second-order valence-corrected chi connectivity index (χ2v) is 6.95. The summed E-state index contributed by atoms with van der Waals surface area (Å²) in [4.78, 5) is 25.6. The monoisotopic (exact) mass is 404 g/mol. The molecule has 6 heteroatoms. The van der Waals surface area contributed by atoms with E-state index in [0.717, 1.165) is 16.7 Å². The molecule has 29 heavy (non-hydrogen) atoms. The zero-order chi connectivity index (χ0) is 20.4. The minimum absolute atomic E-state index is 0.158. The van der Waals surface area contributed by atoms with Crippen LogP contribution in [0.1, 0.15) is 10.4 Å². The van der Waals surface area contributed by atoms with Crippen molar-refractivity contribution in [3.05, 3.63) is 93.7 Å². The lowest BCUT2D eigenvalue weighted by Gasteiger charge is -2.11. The van der Waals surface area contributed by atoms with Gasteiger partial charge in [-0.2, -0.15) is 5.10 Å². The summed E-state index contributed by atoms with van der Waals surface area (Å²) in [5.74, 6) is 0.511. The maximum atomic E-state index is 12.9.